The van der Waals surface area contributed by atoms with Crippen LogP contribution in [0.3, 0.4) is 0 Å². The predicted octanol–water partition coefficient (Wildman–Crippen LogP) is 0.254. The summed E-state index contributed by atoms with van der Waals surface area (Å²) in [6, 6.07) is 0.413. The van der Waals surface area contributed by atoms with Crippen molar-refractivity contribution in [1.82, 2.24) is 10.7 Å². The Morgan fingerprint density at radius 2 is 2.55 bits per heavy atom. The van der Waals surface area contributed by atoms with Crippen LogP contribution in [0.1, 0.15) is 13.3 Å². The van der Waals surface area contributed by atoms with Gasteiger partial charge in [0.25, 0.3) is 0 Å². The van der Waals surface area contributed by atoms with Crippen LogP contribution < -0.4 is 10.7 Å². The van der Waals surface area contributed by atoms with Gasteiger partial charge >= 0.3 is 0 Å². The van der Waals surface area contributed by atoms with E-state index in [1.54, 1.807) is 0 Å². The van der Waals surface area contributed by atoms with Crippen LogP contribution >= 0.6 is 0 Å². The van der Waals surface area contributed by atoms with Gasteiger partial charge in [-0.2, -0.15) is 5.10 Å². The fourth-order valence-electron chi connectivity index (χ4n) is 1.50. The first-order valence-corrected chi connectivity index (χ1v) is 4.08. The summed E-state index contributed by atoms with van der Waals surface area (Å²) in [4.78, 5) is 0. The van der Waals surface area contributed by atoms with E-state index >= 15 is 0 Å². The zero-order valence-corrected chi connectivity index (χ0v) is 6.72. The Balaban J connectivity index is 2.21. The number of nitrogens with one attached hydrogen (secondary N) is 2. The molecule has 0 aliphatic carbocycles. The molecule has 60 valence electrons. The van der Waals surface area contributed by atoms with Crippen LogP contribution in [0, 0.1) is 0 Å². The van der Waals surface area contributed by atoms with E-state index in [9.17, 15) is 0 Å². The van der Waals surface area contributed by atoms with Crippen molar-refractivity contribution in [1.29, 1.82) is 0 Å². The molecule has 2 bridgehead atoms. The Hall–Kier alpha value is -0.830. The molecule has 2 aliphatic rings. The van der Waals surface area contributed by atoms with E-state index in [1.807, 2.05) is 0 Å². The smallest absolute Gasteiger partial charge is 0.0751 e. The highest BCUT2D eigenvalue weighted by Crippen LogP contribution is 2.11. The molecular formula is C8H13N3. The molecule has 3 heteroatoms. The molecule has 0 spiro atoms. The summed E-state index contributed by atoms with van der Waals surface area (Å²) < 4.78 is 0. The maximum atomic E-state index is 4.23. The number of hydrazone groups is 1. The average molecular weight is 151 g/mol. The molecule has 2 N–H and O–H groups in total. The highest BCUT2D eigenvalue weighted by Gasteiger charge is 2.15. The Bertz CT molecular complexity index is 217. The van der Waals surface area contributed by atoms with Crippen molar-refractivity contribution in [2.75, 3.05) is 13.1 Å². The molecule has 1 unspecified atom stereocenters. The molecule has 11 heavy (non-hydrogen) atoms. The van der Waals surface area contributed by atoms with Crippen LogP contribution in [0.15, 0.2) is 16.8 Å². The fourth-order valence-corrected chi connectivity index (χ4v) is 1.50. The molecule has 0 aromatic heterocycles. The standard InChI is InChI=1S/C8H13N3/c1-6-7-2-3-9-5-8(4-7)11-10-6/h4,8-9,11H,2-3,5H2,1H3. The van der Waals surface area contributed by atoms with Crippen LogP contribution in [0.25, 0.3) is 0 Å². The third kappa shape index (κ3) is 1.28. The van der Waals surface area contributed by atoms with Gasteiger partial charge in [-0.1, -0.05) is 6.08 Å². The number of rotatable bonds is 0. The van der Waals surface area contributed by atoms with Crippen molar-refractivity contribution in [3.63, 3.8) is 0 Å². The third-order valence-electron chi connectivity index (χ3n) is 2.20. The quantitative estimate of drug-likeness (QED) is 0.521. The highest BCUT2D eigenvalue weighted by atomic mass is 15.3. The molecule has 2 aliphatic heterocycles. The normalized spacial score (nSPS) is 29.7. The topological polar surface area (TPSA) is 36.4 Å². The van der Waals surface area contributed by atoms with Crippen LogP contribution in [0.4, 0.5) is 0 Å². The van der Waals surface area contributed by atoms with E-state index in [2.05, 4.69) is 28.8 Å². The Morgan fingerprint density at radius 1 is 1.64 bits per heavy atom. The molecule has 0 amide bonds. The molecule has 0 fully saturated rings. The van der Waals surface area contributed by atoms with E-state index in [1.165, 1.54) is 5.57 Å². The second kappa shape index (κ2) is 2.66. The minimum absolute atomic E-state index is 0.413. The molecular weight excluding hydrogens is 138 g/mol. The number of fused-ring (bicyclic) bond motifs is 1. The Kier molecular flexibility index (Phi) is 1.66. The van der Waals surface area contributed by atoms with E-state index in [-0.39, 0.29) is 0 Å². The van der Waals surface area contributed by atoms with E-state index < -0.39 is 0 Å². The summed E-state index contributed by atoms with van der Waals surface area (Å²) in [6.45, 7) is 4.14. The summed E-state index contributed by atoms with van der Waals surface area (Å²) >= 11 is 0. The molecule has 0 aromatic carbocycles. The minimum atomic E-state index is 0.413. The molecule has 2 heterocycles. The summed E-state index contributed by atoms with van der Waals surface area (Å²) in [5.41, 5.74) is 5.63. The van der Waals surface area contributed by atoms with Gasteiger partial charge < -0.3 is 10.7 Å². The first kappa shape index (κ1) is 6.85. The van der Waals surface area contributed by atoms with Crippen molar-refractivity contribution in [2.45, 2.75) is 19.4 Å². The van der Waals surface area contributed by atoms with Gasteiger partial charge in [-0.15, -0.1) is 0 Å². The number of hydrogen-bond donors (Lipinski definition) is 2. The maximum Gasteiger partial charge on any atom is 0.0751 e. The summed E-state index contributed by atoms with van der Waals surface area (Å²) in [7, 11) is 0. The van der Waals surface area contributed by atoms with Crippen LogP contribution in [-0.4, -0.2) is 24.8 Å². The molecule has 0 saturated carbocycles. The zero-order valence-electron chi connectivity index (χ0n) is 6.72. The van der Waals surface area contributed by atoms with Crippen molar-refractivity contribution >= 4 is 5.71 Å². The lowest BCUT2D eigenvalue weighted by Gasteiger charge is -2.16. The van der Waals surface area contributed by atoms with Gasteiger partial charge in [0.15, 0.2) is 0 Å². The fraction of sp³-hybridized carbons (Fsp3) is 0.625. The van der Waals surface area contributed by atoms with Crippen LogP contribution in [0.5, 0.6) is 0 Å². The molecule has 2 rings (SSSR count). The van der Waals surface area contributed by atoms with Crippen molar-refractivity contribution in [3.05, 3.63) is 11.6 Å². The van der Waals surface area contributed by atoms with Crippen molar-refractivity contribution < 1.29 is 0 Å². The largest absolute Gasteiger partial charge is 0.314 e. The molecule has 1 atom stereocenters. The van der Waals surface area contributed by atoms with Crippen LogP contribution in [-0.2, 0) is 0 Å². The first-order chi connectivity index (χ1) is 5.36. The summed E-state index contributed by atoms with van der Waals surface area (Å²) in [5.74, 6) is 0. The number of nitrogens with zero attached hydrogens (tertiary/aromatic N) is 1. The first-order valence-electron chi connectivity index (χ1n) is 4.08. The van der Waals surface area contributed by atoms with Crippen molar-refractivity contribution in [2.24, 2.45) is 5.10 Å². The van der Waals surface area contributed by atoms with Gasteiger partial charge in [0.1, 0.15) is 0 Å². The van der Waals surface area contributed by atoms with E-state index in [0.717, 1.165) is 25.2 Å². The summed E-state index contributed by atoms with van der Waals surface area (Å²) in [6.07, 6.45) is 3.40. The van der Waals surface area contributed by atoms with Crippen LogP contribution in [0.2, 0.25) is 0 Å². The van der Waals surface area contributed by atoms with E-state index in [4.69, 9.17) is 0 Å². The maximum absolute atomic E-state index is 4.23. The molecule has 0 saturated heterocycles. The Morgan fingerprint density at radius 3 is 3.45 bits per heavy atom. The van der Waals surface area contributed by atoms with Gasteiger partial charge in [-0.05, 0) is 25.5 Å². The second-order valence-electron chi connectivity index (χ2n) is 3.08. The highest BCUT2D eigenvalue weighted by molar-refractivity contribution is 5.98. The lowest BCUT2D eigenvalue weighted by Crippen LogP contribution is -2.35. The molecule has 3 nitrogen and oxygen atoms in total. The zero-order chi connectivity index (χ0) is 7.68. The monoisotopic (exact) mass is 151 g/mol. The van der Waals surface area contributed by atoms with Gasteiger partial charge in [-0.25, -0.2) is 0 Å². The number of hydrogen-bond acceptors (Lipinski definition) is 3. The second-order valence-corrected chi connectivity index (χ2v) is 3.08. The van der Waals surface area contributed by atoms with Gasteiger partial charge in [0, 0.05) is 6.54 Å². The minimum Gasteiger partial charge on any atom is -0.314 e. The third-order valence-corrected chi connectivity index (χ3v) is 2.20. The molecule has 0 radical (unpaired) electrons. The van der Waals surface area contributed by atoms with Crippen molar-refractivity contribution in [3.8, 4) is 0 Å². The predicted molar refractivity (Wildman–Crippen MR) is 45.6 cm³/mol. The van der Waals surface area contributed by atoms with E-state index in [0.29, 0.717) is 6.04 Å². The van der Waals surface area contributed by atoms with Gasteiger partial charge in [0.2, 0.25) is 0 Å². The SMILES string of the molecule is CC1=NNC2C=C1CCNC2. The lowest BCUT2D eigenvalue weighted by atomic mass is 10.1. The lowest BCUT2D eigenvalue weighted by molar-refractivity contribution is 0.571. The average Bonchev–Trinajstić information content (AvgIpc) is 2.21. The Labute approximate surface area is 66.6 Å². The van der Waals surface area contributed by atoms with Gasteiger partial charge in [-0.3, -0.25) is 0 Å². The molecule has 0 aromatic rings. The summed E-state index contributed by atoms with van der Waals surface area (Å²) in [5, 5.41) is 7.58. The van der Waals surface area contributed by atoms with Gasteiger partial charge in [0.05, 0.1) is 11.8 Å².